The summed E-state index contributed by atoms with van der Waals surface area (Å²) in [4.78, 5) is 26.4. The zero-order chi connectivity index (χ0) is 14.9. The molecular formula is C10H24O7P2. The first kappa shape index (κ1) is 19.3. The predicted octanol–water partition coefficient (Wildman–Crippen LogP) is 2.39. The molecule has 0 fully saturated rings. The minimum atomic E-state index is -5.03. The van der Waals surface area contributed by atoms with Crippen molar-refractivity contribution in [3.05, 3.63) is 0 Å². The van der Waals surface area contributed by atoms with E-state index in [-0.39, 0.29) is 6.61 Å². The van der Waals surface area contributed by atoms with Crippen LogP contribution in [0.2, 0.25) is 0 Å². The van der Waals surface area contributed by atoms with Gasteiger partial charge < -0.3 is 24.3 Å². The van der Waals surface area contributed by atoms with Gasteiger partial charge in [0.25, 0.3) is 5.59 Å². The molecule has 19 heavy (non-hydrogen) atoms. The van der Waals surface area contributed by atoms with Gasteiger partial charge in [-0.15, -0.1) is 0 Å². The highest BCUT2D eigenvalue weighted by atomic mass is 31.2. The minimum absolute atomic E-state index is 0.0986. The molecule has 0 heterocycles. The van der Waals surface area contributed by atoms with Gasteiger partial charge in [-0.3, -0.25) is 9.13 Å². The van der Waals surface area contributed by atoms with E-state index in [9.17, 15) is 14.0 Å². The number of unbranched alkanes of at least 4 members (excludes halogenated alkanes) is 6. The maximum atomic E-state index is 11.3. The smallest absolute Gasteiger partial charge is 0.368 e. The van der Waals surface area contributed by atoms with Crippen molar-refractivity contribution < 1.29 is 33.4 Å². The van der Waals surface area contributed by atoms with Crippen LogP contribution in [0.1, 0.15) is 51.9 Å². The van der Waals surface area contributed by atoms with Crippen LogP contribution in [0.15, 0.2) is 0 Å². The van der Waals surface area contributed by atoms with Crippen molar-refractivity contribution in [3.8, 4) is 0 Å². The van der Waals surface area contributed by atoms with Crippen molar-refractivity contribution in [2.75, 3.05) is 6.61 Å². The Balaban J connectivity index is 3.76. The summed E-state index contributed by atoms with van der Waals surface area (Å²) in [6, 6.07) is 0. The quantitative estimate of drug-likeness (QED) is 0.340. The van der Waals surface area contributed by atoms with Gasteiger partial charge in [-0.1, -0.05) is 45.4 Å². The summed E-state index contributed by atoms with van der Waals surface area (Å²) in [5, 5.41) is 9.01. The molecular weight excluding hydrogens is 294 g/mol. The zero-order valence-electron chi connectivity index (χ0n) is 11.1. The fourth-order valence-corrected chi connectivity index (χ4v) is 3.76. The third kappa shape index (κ3) is 8.92. The number of hydrogen-bond acceptors (Lipinski definition) is 4. The SMILES string of the molecule is CCCCCCCCCOP(=O)(O)C(O)P(=O)(O)O. The van der Waals surface area contributed by atoms with Crippen LogP contribution in [0, 0.1) is 0 Å². The van der Waals surface area contributed by atoms with Gasteiger partial charge in [-0.05, 0) is 6.42 Å². The molecule has 0 rings (SSSR count). The van der Waals surface area contributed by atoms with Crippen molar-refractivity contribution in [2.45, 2.75) is 57.5 Å². The molecule has 0 aromatic carbocycles. The zero-order valence-corrected chi connectivity index (χ0v) is 12.9. The van der Waals surface area contributed by atoms with E-state index in [1.807, 2.05) is 0 Å². The van der Waals surface area contributed by atoms with E-state index < -0.39 is 20.8 Å². The molecule has 2 unspecified atom stereocenters. The summed E-state index contributed by atoms with van der Waals surface area (Å²) in [6.45, 7) is 2.03. The van der Waals surface area contributed by atoms with Crippen LogP contribution in [0.3, 0.4) is 0 Å². The second kappa shape index (κ2) is 9.24. The second-order valence-electron chi connectivity index (χ2n) is 4.45. The van der Waals surface area contributed by atoms with Gasteiger partial charge in [0.05, 0.1) is 6.61 Å². The Kier molecular flexibility index (Phi) is 9.37. The predicted molar refractivity (Wildman–Crippen MR) is 71.8 cm³/mol. The molecule has 0 radical (unpaired) electrons. The highest BCUT2D eigenvalue weighted by Gasteiger charge is 2.44. The normalized spacial score (nSPS) is 17.1. The number of aliphatic hydroxyl groups excluding tert-OH is 1. The molecule has 7 nitrogen and oxygen atoms in total. The monoisotopic (exact) mass is 318 g/mol. The molecule has 0 aliphatic carbocycles. The van der Waals surface area contributed by atoms with Crippen LogP contribution in [0.25, 0.3) is 0 Å². The van der Waals surface area contributed by atoms with Crippen LogP contribution < -0.4 is 0 Å². The van der Waals surface area contributed by atoms with Crippen molar-refractivity contribution in [1.82, 2.24) is 0 Å². The number of aliphatic hydroxyl groups is 1. The molecule has 0 aromatic heterocycles. The first-order chi connectivity index (χ1) is 8.72. The summed E-state index contributed by atoms with van der Waals surface area (Å²) in [6.07, 6.45) is 6.93. The summed E-state index contributed by atoms with van der Waals surface area (Å²) in [7, 11) is -9.71. The Morgan fingerprint density at radius 2 is 1.42 bits per heavy atom. The fourth-order valence-electron chi connectivity index (χ4n) is 1.51. The molecule has 0 aliphatic rings. The Hall–Kier alpha value is 0.260. The van der Waals surface area contributed by atoms with Crippen LogP contribution >= 0.6 is 15.2 Å². The summed E-state index contributed by atoms with van der Waals surface area (Å²) in [5.41, 5.74) is -2.66. The molecule has 0 saturated carbocycles. The lowest BCUT2D eigenvalue weighted by Crippen LogP contribution is -2.10. The highest BCUT2D eigenvalue weighted by Crippen LogP contribution is 2.61. The average molecular weight is 318 g/mol. The molecule has 0 amide bonds. The van der Waals surface area contributed by atoms with E-state index in [1.54, 1.807) is 0 Å². The van der Waals surface area contributed by atoms with Gasteiger partial charge in [-0.25, -0.2) is 0 Å². The Morgan fingerprint density at radius 1 is 0.947 bits per heavy atom. The van der Waals surface area contributed by atoms with Gasteiger partial charge in [0.1, 0.15) is 0 Å². The van der Waals surface area contributed by atoms with Crippen LogP contribution in [-0.4, -0.2) is 32.0 Å². The van der Waals surface area contributed by atoms with Crippen molar-refractivity contribution in [1.29, 1.82) is 0 Å². The Bertz CT molecular complexity index is 328. The Morgan fingerprint density at radius 3 is 1.89 bits per heavy atom. The van der Waals surface area contributed by atoms with Crippen LogP contribution in [0.4, 0.5) is 0 Å². The third-order valence-electron chi connectivity index (χ3n) is 2.62. The first-order valence-electron chi connectivity index (χ1n) is 6.42. The van der Waals surface area contributed by atoms with E-state index in [2.05, 4.69) is 11.4 Å². The lowest BCUT2D eigenvalue weighted by atomic mass is 10.1. The maximum Gasteiger partial charge on any atom is 0.368 e. The lowest BCUT2D eigenvalue weighted by molar-refractivity contribution is 0.186. The summed E-state index contributed by atoms with van der Waals surface area (Å²) >= 11 is 0. The summed E-state index contributed by atoms with van der Waals surface area (Å²) in [5.74, 6) is 0. The molecule has 9 heteroatoms. The second-order valence-corrected chi connectivity index (χ2v) is 8.40. The highest BCUT2D eigenvalue weighted by molar-refractivity contribution is 7.70. The lowest BCUT2D eigenvalue weighted by Gasteiger charge is -2.18. The molecule has 0 aliphatic heterocycles. The maximum absolute atomic E-state index is 11.3. The van der Waals surface area contributed by atoms with Crippen LogP contribution in [-0.2, 0) is 13.7 Å². The molecule has 0 aromatic rings. The van der Waals surface area contributed by atoms with Crippen LogP contribution in [0.5, 0.6) is 0 Å². The van der Waals surface area contributed by atoms with E-state index >= 15 is 0 Å². The molecule has 0 bridgehead atoms. The first-order valence-corrected chi connectivity index (χ1v) is 9.75. The molecule has 0 saturated heterocycles. The van der Waals surface area contributed by atoms with E-state index in [0.29, 0.717) is 6.42 Å². The number of hydrogen-bond donors (Lipinski definition) is 4. The largest absolute Gasteiger partial charge is 0.370 e. The molecule has 116 valence electrons. The average Bonchev–Trinajstić information content (AvgIpc) is 2.30. The minimum Gasteiger partial charge on any atom is -0.370 e. The standard InChI is InChI=1S/C10H24O7P2/c1-2-3-4-5-6-7-8-9-17-19(15,16)10(11)18(12,13)14/h10-11H,2-9H2,1H3,(H,15,16)(H2,12,13,14). The third-order valence-corrected chi connectivity index (χ3v) is 6.13. The summed E-state index contributed by atoms with van der Waals surface area (Å²) < 4.78 is 26.5. The molecule has 2 atom stereocenters. The molecule has 4 N–H and O–H groups in total. The van der Waals surface area contributed by atoms with Gasteiger partial charge >= 0.3 is 15.2 Å². The van der Waals surface area contributed by atoms with Gasteiger partial charge in [0, 0.05) is 0 Å². The Labute approximate surface area is 113 Å². The van der Waals surface area contributed by atoms with Gasteiger partial charge in [0.2, 0.25) is 0 Å². The van der Waals surface area contributed by atoms with Gasteiger partial charge in [0.15, 0.2) is 0 Å². The van der Waals surface area contributed by atoms with E-state index in [0.717, 1.165) is 32.1 Å². The van der Waals surface area contributed by atoms with E-state index in [4.69, 9.17) is 14.9 Å². The topological polar surface area (TPSA) is 124 Å². The van der Waals surface area contributed by atoms with Crippen molar-refractivity contribution >= 4 is 15.2 Å². The van der Waals surface area contributed by atoms with Gasteiger partial charge in [-0.2, -0.15) is 0 Å². The molecule has 0 spiro atoms. The van der Waals surface area contributed by atoms with E-state index in [1.165, 1.54) is 6.42 Å². The van der Waals surface area contributed by atoms with Crippen molar-refractivity contribution in [2.24, 2.45) is 0 Å². The fraction of sp³-hybridized carbons (Fsp3) is 1.00. The van der Waals surface area contributed by atoms with Crippen molar-refractivity contribution in [3.63, 3.8) is 0 Å². The number of rotatable bonds is 11.